The molecule has 1 saturated carbocycles. The topological polar surface area (TPSA) is 81.6 Å². The van der Waals surface area contributed by atoms with Crippen LogP contribution in [0.5, 0.6) is 0 Å². The molecule has 0 bridgehead atoms. The summed E-state index contributed by atoms with van der Waals surface area (Å²) in [5.74, 6) is -0.329. The molecule has 1 fully saturated rings. The number of hydroxylamine groups is 2. The van der Waals surface area contributed by atoms with Gasteiger partial charge in [0.25, 0.3) is 0 Å². The van der Waals surface area contributed by atoms with Crippen LogP contribution in [0.25, 0.3) is 0 Å². The van der Waals surface area contributed by atoms with Crippen LogP contribution in [0.1, 0.15) is 39.5 Å². The third-order valence-corrected chi connectivity index (χ3v) is 3.34. The van der Waals surface area contributed by atoms with Crippen LogP contribution in [0.2, 0.25) is 0 Å². The zero-order valence-corrected chi connectivity index (χ0v) is 10.9. The van der Waals surface area contributed by atoms with Gasteiger partial charge in [0, 0.05) is 25.2 Å². The van der Waals surface area contributed by atoms with Gasteiger partial charge in [-0.3, -0.25) is 4.79 Å². The highest BCUT2D eigenvalue weighted by Gasteiger charge is 2.29. The molecule has 0 amide bonds. The minimum absolute atomic E-state index is 0.0674. The van der Waals surface area contributed by atoms with Gasteiger partial charge in [-0.05, 0) is 39.5 Å². The van der Waals surface area contributed by atoms with Gasteiger partial charge in [0.05, 0.1) is 5.92 Å². The fourth-order valence-electron chi connectivity index (χ4n) is 2.24. The number of hydrogen-bond acceptors (Lipinski definition) is 5. The lowest BCUT2D eigenvalue weighted by atomic mass is 9.97. The van der Waals surface area contributed by atoms with Crippen molar-refractivity contribution in [3.8, 4) is 0 Å². The van der Waals surface area contributed by atoms with Crippen LogP contribution in [-0.4, -0.2) is 36.2 Å². The monoisotopic (exact) mass is 243 g/mol. The summed E-state index contributed by atoms with van der Waals surface area (Å²) in [7, 11) is 0. The van der Waals surface area contributed by atoms with Crippen molar-refractivity contribution < 1.29 is 9.63 Å². The van der Waals surface area contributed by atoms with E-state index in [-0.39, 0.29) is 24.0 Å². The van der Waals surface area contributed by atoms with Gasteiger partial charge in [0.15, 0.2) is 0 Å². The molecular formula is C12H25N3O2. The second kappa shape index (κ2) is 6.93. The summed E-state index contributed by atoms with van der Waals surface area (Å²) >= 11 is 0. The first-order valence-electron chi connectivity index (χ1n) is 6.54. The van der Waals surface area contributed by atoms with Gasteiger partial charge in [0.2, 0.25) is 0 Å². The van der Waals surface area contributed by atoms with E-state index in [1.165, 1.54) is 0 Å². The lowest BCUT2D eigenvalue weighted by molar-refractivity contribution is -0.194. The summed E-state index contributed by atoms with van der Waals surface area (Å²) < 4.78 is 0. The van der Waals surface area contributed by atoms with Gasteiger partial charge in [-0.2, -0.15) is 0 Å². The Bertz CT molecular complexity index is 232. The lowest BCUT2D eigenvalue weighted by Crippen LogP contribution is -2.34. The first-order chi connectivity index (χ1) is 8.06. The van der Waals surface area contributed by atoms with Crippen LogP contribution >= 0.6 is 0 Å². The summed E-state index contributed by atoms with van der Waals surface area (Å²) in [6.45, 7) is 5.32. The minimum atomic E-state index is -0.179. The van der Waals surface area contributed by atoms with E-state index in [1.54, 1.807) is 5.06 Å². The number of carbonyl (C=O) groups is 1. The van der Waals surface area contributed by atoms with Crippen molar-refractivity contribution in [2.45, 2.75) is 51.6 Å². The van der Waals surface area contributed by atoms with E-state index in [0.717, 1.165) is 12.8 Å². The maximum atomic E-state index is 12.0. The zero-order chi connectivity index (χ0) is 12.8. The van der Waals surface area contributed by atoms with Crippen molar-refractivity contribution in [3.05, 3.63) is 0 Å². The van der Waals surface area contributed by atoms with Crippen LogP contribution in [0.4, 0.5) is 0 Å². The van der Waals surface area contributed by atoms with Gasteiger partial charge in [-0.1, -0.05) is 0 Å². The van der Waals surface area contributed by atoms with Gasteiger partial charge >= 0.3 is 5.97 Å². The number of rotatable bonds is 4. The first kappa shape index (κ1) is 14.4. The van der Waals surface area contributed by atoms with Crippen molar-refractivity contribution in [1.82, 2.24) is 5.06 Å². The Morgan fingerprint density at radius 1 is 1.18 bits per heavy atom. The molecule has 0 aromatic rings. The first-order valence-corrected chi connectivity index (χ1v) is 6.54. The predicted molar refractivity (Wildman–Crippen MR) is 66.9 cm³/mol. The Kier molecular flexibility index (Phi) is 5.88. The fourth-order valence-corrected chi connectivity index (χ4v) is 2.24. The molecule has 1 aliphatic carbocycles. The molecule has 5 nitrogen and oxygen atoms in total. The van der Waals surface area contributed by atoms with Crippen LogP contribution in [-0.2, 0) is 9.63 Å². The molecule has 0 aliphatic heterocycles. The number of carbonyl (C=O) groups excluding carboxylic acids is 1. The van der Waals surface area contributed by atoms with Crippen LogP contribution < -0.4 is 11.5 Å². The number of hydrogen-bond donors (Lipinski definition) is 2. The van der Waals surface area contributed by atoms with Crippen molar-refractivity contribution >= 4 is 5.97 Å². The third kappa shape index (κ3) is 4.61. The molecule has 0 aromatic carbocycles. The predicted octanol–water partition coefficient (Wildman–Crippen LogP) is 0.631. The number of nitrogens with zero attached hydrogens (tertiary/aromatic N) is 1. The highest BCUT2D eigenvalue weighted by Crippen LogP contribution is 2.23. The summed E-state index contributed by atoms with van der Waals surface area (Å²) in [6, 6.07) is 0.135. The van der Waals surface area contributed by atoms with E-state index in [4.69, 9.17) is 16.3 Å². The SMILES string of the molecule is CCN(CC)OC(=O)C1CC(N)CCC(N)C1. The quantitative estimate of drug-likeness (QED) is 0.559. The van der Waals surface area contributed by atoms with E-state index < -0.39 is 0 Å². The van der Waals surface area contributed by atoms with Crippen LogP contribution in [0, 0.1) is 5.92 Å². The maximum absolute atomic E-state index is 12.0. The zero-order valence-electron chi connectivity index (χ0n) is 10.9. The van der Waals surface area contributed by atoms with Crippen LogP contribution in [0.15, 0.2) is 0 Å². The van der Waals surface area contributed by atoms with E-state index in [2.05, 4.69) is 0 Å². The van der Waals surface area contributed by atoms with Crippen molar-refractivity contribution in [3.63, 3.8) is 0 Å². The summed E-state index contributed by atoms with van der Waals surface area (Å²) in [5, 5.41) is 1.66. The highest BCUT2D eigenvalue weighted by atomic mass is 16.7. The summed E-state index contributed by atoms with van der Waals surface area (Å²) in [4.78, 5) is 17.3. The van der Waals surface area contributed by atoms with E-state index in [9.17, 15) is 4.79 Å². The molecule has 1 rings (SSSR count). The minimum Gasteiger partial charge on any atom is -0.368 e. The normalized spacial score (nSPS) is 30.1. The van der Waals surface area contributed by atoms with Crippen LogP contribution in [0.3, 0.4) is 0 Å². The molecule has 1 aliphatic rings. The van der Waals surface area contributed by atoms with Crippen molar-refractivity contribution in [1.29, 1.82) is 0 Å². The molecule has 5 heteroatoms. The average molecular weight is 243 g/mol. The maximum Gasteiger partial charge on any atom is 0.328 e. The Morgan fingerprint density at radius 2 is 1.65 bits per heavy atom. The molecule has 2 atom stereocenters. The Balaban J connectivity index is 2.53. The van der Waals surface area contributed by atoms with Gasteiger partial charge in [-0.25, -0.2) is 0 Å². The second-order valence-electron chi connectivity index (χ2n) is 4.79. The Hall–Kier alpha value is -0.650. The Labute approximate surface area is 103 Å². The van der Waals surface area contributed by atoms with E-state index in [0.29, 0.717) is 25.9 Å². The molecule has 0 heterocycles. The molecule has 0 radical (unpaired) electrons. The molecule has 0 spiro atoms. The van der Waals surface area contributed by atoms with Gasteiger partial charge < -0.3 is 16.3 Å². The van der Waals surface area contributed by atoms with Crippen molar-refractivity contribution in [2.75, 3.05) is 13.1 Å². The standard InChI is InChI=1S/C12H25N3O2/c1-3-15(4-2)17-12(16)9-7-10(13)5-6-11(14)8-9/h9-11H,3-8,13-14H2,1-2H3. The fraction of sp³-hybridized carbons (Fsp3) is 0.917. The highest BCUT2D eigenvalue weighted by molar-refractivity contribution is 5.72. The van der Waals surface area contributed by atoms with E-state index >= 15 is 0 Å². The lowest BCUT2D eigenvalue weighted by Gasteiger charge is -2.22. The summed E-state index contributed by atoms with van der Waals surface area (Å²) in [5.41, 5.74) is 11.9. The largest absolute Gasteiger partial charge is 0.368 e. The second-order valence-corrected chi connectivity index (χ2v) is 4.79. The molecule has 2 unspecified atom stereocenters. The molecule has 100 valence electrons. The van der Waals surface area contributed by atoms with Gasteiger partial charge in [0.1, 0.15) is 0 Å². The Morgan fingerprint density at radius 3 is 2.06 bits per heavy atom. The smallest absolute Gasteiger partial charge is 0.328 e. The third-order valence-electron chi connectivity index (χ3n) is 3.34. The molecule has 0 aromatic heterocycles. The van der Waals surface area contributed by atoms with E-state index in [1.807, 2.05) is 13.8 Å². The number of nitrogens with two attached hydrogens (primary N) is 2. The molecular weight excluding hydrogens is 218 g/mol. The van der Waals surface area contributed by atoms with Crippen molar-refractivity contribution in [2.24, 2.45) is 17.4 Å². The average Bonchev–Trinajstić information content (AvgIpc) is 2.48. The molecule has 4 N–H and O–H groups in total. The molecule has 0 saturated heterocycles. The molecule has 17 heavy (non-hydrogen) atoms. The summed E-state index contributed by atoms with van der Waals surface area (Å²) in [6.07, 6.45) is 3.17. The van der Waals surface area contributed by atoms with Gasteiger partial charge in [-0.15, -0.1) is 5.06 Å².